The summed E-state index contributed by atoms with van der Waals surface area (Å²) in [5.41, 5.74) is 0. The van der Waals surface area contributed by atoms with Crippen LogP contribution in [0.5, 0.6) is 0 Å². The molecule has 2 saturated carbocycles. The van der Waals surface area contributed by atoms with Crippen molar-refractivity contribution in [3.05, 3.63) is 0 Å². The summed E-state index contributed by atoms with van der Waals surface area (Å²) in [6, 6.07) is -0.312. The highest BCUT2D eigenvalue weighted by atomic mass is 16.4. The zero-order valence-electron chi connectivity index (χ0n) is 11.1. The van der Waals surface area contributed by atoms with Gasteiger partial charge in [0.25, 0.3) is 0 Å². The quantitative estimate of drug-likeness (QED) is 0.586. The Morgan fingerprint density at radius 3 is 2.58 bits per heavy atom. The van der Waals surface area contributed by atoms with Crippen LogP contribution in [0.25, 0.3) is 0 Å². The number of amides is 2. The van der Waals surface area contributed by atoms with Crippen LogP contribution in [0.3, 0.4) is 0 Å². The van der Waals surface area contributed by atoms with E-state index in [2.05, 4.69) is 10.6 Å². The number of hydrogen-bond donors (Lipinski definition) is 4. The predicted octanol–water partition coefficient (Wildman–Crippen LogP) is 0.556. The predicted molar refractivity (Wildman–Crippen MR) is 68.6 cm³/mol. The summed E-state index contributed by atoms with van der Waals surface area (Å²) >= 11 is 0. The number of carbonyl (C=O) groups is 2. The monoisotopic (exact) mass is 270 g/mol. The Morgan fingerprint density at radius 2 is 2.05 bits per heavy atom. The van der Waals surface area contributed by atoms with Crippen LogP contribution >= 0.6 is 0 Å². The molecule has 2 bridgehead atoms. The van der Waals surface area contributed by atoms with Gasteiger partial charge in [-0.2, -0.15) is 0 Å². The summed E-state index contributed by atoms with van der Waals surface area (Å²) in [6.07, 6.45) is 3.51. The average Bonchev–Trinajstić information content (AvgIpc) is 2.97. The van der Waals surface area contributed by atoms with E-state index in [9.17, 15) is 9.59 Å². The summed E-state index contributed by atoms with van der Waals surface area (Å²) in [5, 5.41) is 22.8. The van der Waals surface area contributed by atoms with Crippen molar-refractivity contribution >= 4 is 12.0 Å². The van der Waals surface area contributed by atoms with Crippen LogP contribution in [0.2, 0.25) is 0 Å². The van der Waals surface area contributed by atoms with Crippen LogP contribution < -0.4 is 10.6 Å². The summed E-state index contributed by atoms with van der Waals surface area (Å²) in [7, 11) is 0. The maximum Gasteiger partial charge on any atom is 0.334 e. The molecule has 2 rings (SSSR count). The molecule has 0 saturated heterocycles. The number of urea groups is 1. The summed E-state index contributed by atoms with van der Waals surface area (Å²) in [5.74, 6) is 0.761. The molecule has 0 heterocycles. The number of aliphatic carboxylic acids is 1. The maximum absolute atomic E-state index is 11.6. The first kappa shape index (κ1) is 14.1. The molecule has 2 fully saturated rings. The Kier molecular flexibility index (Phi) is 4.29. The highest BCUT2D eigenvalue weighted by molar-refractivity contribution is 5.76. The third kappa shape index (κ3) is 3.37. The normalized spacial score (nSPS) is 31.8. The second-order valence-electron chi connectivity index (χ2n) is 5.84. The van der Waals surface area contributed by atoms with Crippen molar-refractivity contribution in [1.82, 2.24) is 10.6 Å². The molecule has 0 aliphatic heterocycles. The minimum absolute atomic E-state index is 0.0947. The van der Waals surface area contributed by atoms with Crippen LogP contribution in [0.15, 0.2) is 0 Å². The second kappa shape index (κ2) is 5.77. The molecule has 4 N–H and O–H groups in total. The fourth-order valence-electron chi connectivity index (χ4n) is 3.55. The number of rotatable bonds is 5. The van der Waals surface area contributed by atoms with Gasteiger partial charge in [-0.05, 0) is 43.9 Å². The van der Waals surface area contributed by atoms with E-state index in [1.807, 2.05) is 6.92 Å². The Labute approximate surface area is 112 Å². The number of hydrogen-bond acceptors (Lipinski definition) is 3. The van der Waals surface area contributed by atoms with Gasteiger partial charge in [0.2, 0.25) is 0 Å². The molecular weight excluding hydrogens is 248 g/mol. The van der Waals surface area contributed by atoms with Crippen molar-refractivity contribution < 1.29 is 19.8 Å². The fourth-order valence-corrected chi connectivity index (χ4v) is 3.55. The first-order valence-electron chi connectivity index (χ1n) is 6.92. The van der Waals surface area contributed by atoms with E-state index in [4.69, 9.17) is 10.2 Å². The molecular formula is C13H22N2O4. The van der Waals surface area contributed by atoms with E-state index in [1.165, 1.54) is 25.7 Å². The molecule has 0 radical (unpaired) electrons. The van der Waals surface area contributed by atoms with Crippen molar-refractivity contribution in [2.75, 3.05) is 6.54 Å². The molecule has 6 nitrogen and oxygen atoms in total. The van der Waals surface area contributed by atoms with E-state index in [1.54, 1.807) is 0 Å². The van der Waals surface area contributed by atoms with Gasteiger partial charge in [0.1, 0.15) is 0 Å². The molecule has 0 aromatic heterocycles. The Balaban J connectivity index is 1.71. The van der Waals surface area contributed by atoms with Crippen LogP contribution in [0.1, 0.15) is 32.6 Å². The maximum atomic E-state index is 11.6. The van der Waals surface area contributed by atoms with Gasteiger partial charge in [-0.25, -0.2) is 9.59 Å². The lowest BCUT2D eigenvalue weighted by atomic mass is 9.84. The van der Waals surface area contributed by atoms with Crippen molar-refractivity contribution in [1.29, 1.82) is 0 Å². The molecule has 0 aromatic rings. The molecule has 19 heavy (non-hydrogen) atoms. The number of carbonyl (C=O) groups excluding carboxylic acids is 1. The average molecular weight is 270 g/mol. The van der Waals surface area contributed by atoms with Gasteiger partial charge in [-0.3, -0.25) is 0 Å². The fraction of sp³-hybridized carbons (Fsp3) is 0.846. The molecule has 0 aromatic carbocycles. The Morgan fingerprint density at radius 1 is 1.32 bits per heavy atom. The van der Waals surface area contributed by atoms with Gasteiger partial charge in [-0.15, -0.1) is 0 Å². The van der Waals surface area contributed by atoms with Gasteiger partial charge >= 0.3 is 12.0 Å². The second-order valence-corrected chi connectivity index (χ2v) is 5.84. The van der Waals surface area contributed by atoms with E-state index in [-0.39, 0.29) is 12.6 Å². The van der Waals surface area contributed by atoms with Gasteiger partial charge in [-0.1, -0.05) is 6.42 Å². The van der Waals surface area contributed by atoms with Crippen LogP contribution in [0, 0.1) is 17.8 Å². The number of carboxylic acids is 1. The third-order valence-electron chi connectivity index (χ3n) is 4.53. The minimum Gasteiger partial charge on any atom is -0.479 e. The number of fused-ring (bicyclic) bond motifs is 2. The van der Waals surface area contributed by atoms with Gasteiger partial charge in [0.15, 0.2) is 6.10 Å². The zero-order valence-corrected chi connectivity index (χ0v) is 11.1. The van der Waals surface area contributed by atoms with Gasteiger partial charge in [0.05, 0.1) is 6.54 Å². The molecule has 2 aliphatic rings. The lowest BCUT2D eigenvalue weighted by molar-refractivity contribution is -0.146. The van der Waals surface area contributed by atoms with Crippen molar-refractivity contribution in [2.24, 2.45) is 17.8 Å². The summed E-state index contributed by atoms with van der Waals surface area (Å²) < 4.78 is 0. The third-order valence-corrected chi connectivity index (χ3v) is 4.53. The lowest BCUT2D eigenvalue weighted by Crippen LogP contribution is -2.47. The number of carboxylic acid groups (broad SMARTS) is 1. The first-order valence-corrected chi connectivity index (χ1v) is 6.92. The van der Waals surface area contributed by atoms with Crippen molar-refractivity contribution in [3.63, 3.8) is 0 Å². The highest BCUT2D eigenvalue weighted by Gasteiger charge is 2.42. The number of nitrogens with one attached hydrogen (secondary N) is 2. The standard InChI is InChI=1S/C13H22N2O4/c1-7(10-5-8-2-3-9(10)4-8)15-13(19)14-6-11(16)12(17)18/h7-11,16H,2-6H2,1H3,(H,17,18)(H2,14,15,19)/t7?,8?,9?,10?,11-/m0/s1. The van der Waals surface area contributed by atoms with Crippen molar-refractivity contribution in [2.45, 2.75) is 44.8 Å². The molecule has 2 amide bonds. The number of aliphatic hydroxyl groups excluding tert-OH is 1. The van der Waals surface area contributed by atoms with E-state index in [0.29, 0.717) is 5.92 Å². The van der Waals surface area contributed by atoms with Gasteiger partial charge < -0.3 is 20.8 Å². The van der Waals surface area contributed by atoms with Gasteiger partial charge in [0, 0.05) is 6.04 Å². The molecule has 108 valence electrons. The van der Waals surface area contributed by atoms with E-state index >= 15 is 0 Å². The SMILES string of the molecule is CC(NC(=O)NC[C@H](O)C(=O)O)C1CC2CCC1C2. The molecule has 0 spiro atoms. The molecule has 5 atom stereocenters. The molecule has 2 aliphatic carbocycles. The largest absolute Gasteiger partial charge is 0.479 e. The minimum atomic E-state index is -1.55. The van der Waals surface area contributed by atoms with E-state index in [0.717, 1.165) is 11.8 Å². The lowest BCUT2D eigenvalue weighted by Gasteiger charge is -2.28. The Hall–Kier alpha value is -1.30. The topological polar surface area (TPSA) is 98.7 Å². The van der Waals surface area contributed by atoms with Crippen LogP contribution in [-0.2, 0) is 4.79 Å². The van der Waals surface area contributed by atoms with E-state index < -0.39 is 18.1 Å². The zero-order chi connectivity index (χ0) is 14.0. The highest BCUT2D eigenvalue weighted by Crippen LogP contribution is 2.49. The summed E-state index contributed by atoms with van der Waals surface area (Å²) in [6.45, 7) is 1.73. The van der Waals surface area contributed by atoms with Crippen molar-refractivity contribution in [3.8, 4) is 0 Å². The molecule has 6 heteroatoms. The van der Waals surface area contributed by atoms with Crippen LogP contribution in [-0.4, -0.2) is 40.9 Å². The first-order chi connectivity index (χ1) is 8.97. The molecule has 4 unspecified atom stereocenters. The summed E-state index contributed by atoms with van der Waals surface area (Å²) in [4.78, 5) is 22.0. The van der Waals surface area contributed by atoms with Crippen LogP contribution in [0.4, 0.5) is 4.79 Å². The Bertz CT molecular complexity index is 361. The smallest absolute Gasteiger partial charge is 0.334 e. The number of aliphatic hydroxyl groups is 1.